The SMILES string of the molecule is CN(C)C(=O)CCCC(=O)N1CCOCC1. The van der Waals surface area contributed by atoms with Crippen LogP contribution in [0.3, 0.4) is 0 Å². The van der Waals surface area contributed by atoms with Crippen molar-refractivity contribution in [3.63, 3.8) is 0 Å². The van der Waals surface area contributed by atoms with E-state index in [-0.39, 0.29) is 11.8 Å². The van der Waals surface area contributed by atoms with Crippen molar-refractivity contribution in [2.24, 2.45) is 0 Å². The summed E-state index contributed by atoms with van der Waals surface area (Å²) in [5.41, 5.74) is 0. The van der Waals surface area contributed by atoms with E-state index in [0.29, 0.717) is 45.6 Å². The zero-order valence-electron chi connectivity index (χ0n) is 10.1. The van der Waals surface area contributed by atoms with Gasteiger partial charge in [-0.2, -0.15) is 0 Å². The summed E-state index contributed by atoms with van der Waals surface area (Å²) in [6.07, 6.45) is 1.54. The highest BCUT2D eigenvalue weighted by Crippen LogP contribution is 2.05. The van der Waals surface area contributed by atoms with E-state index in [1.54, 1.807) is 19.0 Å². The van der Waals surface area contributed by atoms with E-state index in [4.69, 9.17) is 4.74 Å². The lowest BCUT2D eigenvalue weighted by atomic mass is 10.2. The topological polar surface area (TPSA) is 49.9 Å². The maximum atomic E-state index is 11.7. The molecule has 1 aliphatic heterocycles. The first-order chi connectivity index (χ1) is 7.61. The predicted molar refractivity (Wildman–Crippen MR) is 59.9 cm³/mol. The maximum absolute atomic E-state index is 11.7. The van der Waals surface area contributed by atoms with E-state index in [2.05, 4.69) is 0 Å². The van der Waals surface area contributed by atoms with Gasteiger partial charge < -0.3 is 14.5 Å². The van der Waals surface area contributed by atoms with E-state index in [9.17, 15) is 9.59 Å². The summed E-state index contributed by atoms with van der Waals surface area (Å²) in [4.78, 5) is 26.3. The average molecular weight is 228 g/mol. The van der Waals surface area contributed by atoms with Crippen LogP contribution in [0.1, 0.15) is 19.3 Å². The Morgan fingerprint density at radius 1 is 1.19 bits per heavy atom. The quantitative estimate of drug-likeness (QED) is 0.686. The molecule has 5 nitrogen and oxygen atoms in total. The predicted octanol–water partition coefficient (Wildman–Crippen LogP) is 0.104. The molecule has 1 fully saturated rings. The highest BCUT2D eigenvalue weighted by Gasteiger charge is 2.16. The van der Waals surface area contributed by atoms with Gasteiger partial charge in [0.15, 0.2) is 0 Å². The summed E-state index contributed by atoms with van der Waals surface area (Å²) in [7, 11) is 3.46. The molecule has 0 atom stereocenters. The van der Waals surface area contributed by atoms with Gasteiger partial charge in [0.25, 0.3) is 0 Å². The number of nitrogens with zero attached hydrogens (tertiary/aromatic N) is 2. The average Bonchev–Trinajstić information content (AvgIpc) is 2.29. The second-order valence-corrected chi connectivity index (χ2v) is 4.13. The van der Waals surface area contributed by atoms with E-state index in [1.165, 1.54) is 0 Å². The summed E-state index contributed by atoms with van der Waals surface area (Å²) in [5, 5.41) is 0. The number of hydrogen-bond acceptors (Lipinski definition) is 3. The summed E-state index contributed by atoms with van der Waals surface area (Å²) in [6, 6.07) is 0. The lowest BCUT2D eigenvalue weighted by Crippen LogP contribution is -2.40. The molecule has 1 rings (SSSR count). The van der Waals surface area contributed by atoms with Crippen molar-refractivity contribution in [3.05, 3.63) is 0 Å². The molecule has 0 saturated carbocycles. The van der Waals surface area contributed by atoms with Crippen molar-refractivity contribution in [3.8, 4) is 0 Å². The summed E-state index contributed by atoms with van der Waals surface area (Å²) >= 11 is 0. The number of amides is 2. The van der Waals surface area contributed by atoms with Gasteiger partial charge >= 0.3 is 0 Å². The van der Waals surface area contributed by atoms with Gasteiger partial charge in [0.1, 0.15) is 0 Å². The third-order valence-electron chi connectivity index (χ3n) is 2.64. The zero-order chi connectivity index (χ0) is 12.0. The van der Waals surface area contributed by atoms with E-state index >= 15 is 0 Å². The molecule has 1 aliphatic rings. The van der Waals surface area contributed by atoms with Crippen molar-refractivity contribution < 1.29 is 14.3 Å². The number of rotatable bonds is 4. The monoisotopic (exact) mass is 228 g/mol. The molecule has 2 amide bonds. The van der Waals surface area contributed by atoms with Crippen LogP contribution in [0.5, 0.6) is 0 Å². The molecular weight excluding hydrogens is 208 g/mol. The molecule has 16 heavy (non-hydrogen) atoms. The van der Waals surface area contributed by atoms with Crippen molar-refractivity contribution in [2.75, 3.05) is 40.4 Å². The molecule has 0 aromatic carbocycles. The van der Waals surface area contributed by atoms with Crippen LogP contribution in [0, 0.1) is 0 Å². The first-order valence-electron chi connectivity index (χ1n) is 5.67. The van der Waals surface area contributed by atoms with Crippen LogP contribution >= 0.6 is 0 Å². The number of ether oxygens (including phenoxy) is 1. The van der Waals surface area contributed by atoms with Crippen LogP contribution in [-0.4, -0.2) is 62.0 Å². The van der Waals surface area contributed by atoms with Crippen LogP contribution in [0.15, 0.2) is 0 Å². The molecule has 5 heteroatoms. The third-order valence-corrected chi connectivity index (χ3v) is 2.64. The van der Waals surface area contributed by atoms with Crippen molar-refractivity contribution in [1.29, 1.82) is 0 Å². The van der Waals surface area contributed by atoms with Gasteiger partial charge in [0.05, 0.1) is 13.2 Å². The minimum atomic E-state index is 0.0785. The fourth-order valence-corrected chi connectivity index (χ4v) is 1.59. The molecule has 0 radical (unpaired) electrons. The smallest absolute Gasteiger partial charge is 0.222 e. The Morgan fingerprint density at radius 3 is 2.38 bits per heavy atom. The van der Waals surface area contributed by atoms with Crippen LogP contribution in [0.4, 0.5) is 0 Å². The zero-order valence-corrected chi connectivity index (χ0v) is 10.1. The second-order valence-electron chi connectivity index (χ2n) is 4.13. The number of morpholine rings is 1. The minimum Gasteiger partial charge on any atom is -0.378 e. The number of hydrogen-bond donors (Lipinski definition) is 0. The summed E-state index contributed by atoms with van der Waals surface area (Å²) in [6.45, 7) is 2.62. The van der Waals surface area contributed by atoms with Gasteiger partial charge in [-0.25, -0.2) is 0 Å². The van der Waals surface area contributed by atoms with Crippen LogP contribution < -0.4 is 0 Å². The fraction of sp³-hybridized carbons (Fsp3) is 0.818. The molecule has 0 aromatic heterocycles. The van der Waals surface area contributed by atoms with Gasteiger partial charge in [0.2, 0.25) is 11.8 Å². The Bertz CT molecular complexity index is 248. The molecule has 0 aliphatic carbocycles. The van der Waals surface area contributed by atoms with Crippen molar-refractivity contribution in [1.82, 2.24) is 9.80 Å². The lowest BCUT2D eigenvalue weighted by Gasteiger charge is -2.26. The van der Waals surface area contributed by atoms with Gasteiger partial charge in [-0.1, -0.05) is 0 Å². The summed E-state index contributed by atoms with van der Waals surface area (Å²) in [5.74, 6) is 0.213. The Hall–Kier alpha value is -1.10. The Balaban J connectivity index is 2.17. The molecule has 0 aromatic rings. The van der Waals surface area contributed by atoms with Crippen LogP contribution in [0.2, 0.25) is 0 Å². The molecule has 1 saturated heterocycles. The van der Waals surface area contributed by atoms with Gasteiger partial charge in [-0.3, -0.25) is 9.59 Å². The lowest BCUT2D eigenvalue weighted by molar-refractivity contribution is -0.135. The Morgan fingerprint density at radius 2 is 1.81 bits per heavy atom. The Labute approximate surface area is 96.3 Å². The molecule has 0 N–H and O–H groups in total. The van der Waals surface area contributed by atoms with Crippen LogP contribution in [-0.2, 0) is 14.3 Å². The molecule has 92 valence electrons. The number of carbonyl (C=O) groups excluding carboxylic acids is 2. The molecule has 1 heterocycles. The normalized spacial score (nSPS) is 16.0. The molecule has 0 spiro atoms. The minimum absolute atomic E-state index is 0.0785. The molecule has 0 bridgehead atoms. The van der Waals surface area contributed by atoms with Crippen molar-refractivity contribution in [2.45, 2.75) is 19.3 Å². The first kappa shape index (κ1) is 13.0. The van der Waals surface area contributed by atoms with Crippen molar-refractivity contribution >= 4 is 11.8 Å². The molecular formula is C11H20N2O3. The largest absolute Gasteiger partial charge is 0.378 e. The van der Waals surface area contributed by atoms with E-state index in [0.717, 1.165) is 0 Å². The van der Waals surface area contributed by atoms with E-state index in [1.807, 2.05) is 4.90 Å². The first-order valence-corrected chi connectivity index (χ1v) is 5.67. The highest BCUT2D eigenvalue weighted by molar-refractivity contribution is 5.78. The van der Waals surface area contributed by atoms with E-state index < -0.39 is 0 Å². The van der Waals surface area contributed by atoms with Gasteiger partial charge in [-0.05, 0) is 6.42 Å². The van der Waals surface area contributed by atoms with Gasteiger partial charge in [0, 0.05) is 40.0 Å². The van der Waals surface area contributed by atoms with Gasteiger partial charge in [-0.15, -0.1) is 0 Å². The fourth-order valence-electron chi connectivity index (χ4n) is 1.59. The highest BCUT2D eigenvalue weighted by atomic mass is 16.5. The van der Waals surface area contributed by atoms with Crippen LogP contribution in [0.25, 0.3) is 0 Å². The Kier molecular flexibility index (Phi) is 5.25. The third kappa shape index (κ3) is 4.18. The standard InChI is InChI=1S/C11H20N2O3/c1-12(2)10(14)4-3-5-11(15)13-6-8-16-9-7-13/h3-9H2,1-2H3. The molecule has 0 unspecified atom stereocenters. The maximum Gasteiger partial charge on any atom is 0.222 e. The number of carbonyl (C=O) groups is 2. The summed E-state index contributed by atoms with van der Waals surface area (Å²) < 4.78 is 5.17. The second kappa shape index (κ2) is 6.48.